The summed E-state index contributed by atoms with van der Waals surface area (Å²) in [7, 11) is 2.33. The van der Waals surface area contributed by atoms with Crippen molar-refractivity contribution in [2.75, 3.05) is 13.6 Å². The van der Waals surface area contributed by atoms with E-state index in [9.17, 15) is 0 Å². The van der Waals surface area contributed by atoms with Crippen molar-refractivity contribution < 1.29 is 0 Å². The van der Waals surface area contributed by atoms with E-state index in [1.54, 1.807) is 0 Å². The highest BCUT2D eigenvalue weighted by atomic mass is 35.5. The third-order valence-corrected chi connectivity index (χ3v) is 5.55. The highest BCUT2D eigenvalue weighted by Gasteiger charge is 2.42. The van der Waals surface area contributed by atoms with Crippen LogP contribution >= 0.6 is 11.6 Å². The number of hydrogen-bond donors (Lipinski definition) is 0. The molecule has 1 aromatic carbocycles. The Morgan fingerprint density at radius 1 is 1.11 bits per heavy atom. The molecule has 0 N–H and O–H groups in total. The molecule has 0 bridgehead atoms. The first-order chi connectivity index (χ1) is 9.21. The van der Waals surface area contributed by atoms with Crippen LogP contribution in [0.2, 0.25) is 5.02 Å². The van der Waals surface area contributed by atoms with Gasteiger partial charge in [0.25, 0.3) is 0 Å². The summed E-state index contributed by atoms with van der Waals surface area (Å²) >= 11 is 6.03. The molecule has 1 nitrogen and oxygen atoms in total. The molecule has 0 heterocycles. The van der Waals surface area contributed by atoms with Gasteiger partial charge in [0.2, 0.25) is 0 Å². The van der Waals surface area contributed by atoms with Gasteiger partial charge in [0.1, 0.15) is 0 Å². The number of halogens is 1. The monoisotopic (exact) mass is 277 g/mol. The molecule has 0 radical (unpaired) electrons. The van der Waals surface area contributed by atoms with E-state index in [0.29, 0.717) is 5.54 Å². The lowest BCUT2D eigenvalue weighted by Crippen LogP contribution is -2.50. The average molecular weight is 278 g/mol. The van der Waals surface area contributed by atoms with Gasteiger partial charge in [-0.05, 0) is 62.8 Å². The van der Waals surface area contributed by atoms with Gasteiger partial charge in [-0.2, -0.15) is 0 Å². The van der Waals surface area contributed by atoms with E-state index < -0.39 is 0 Å². The predicted octanol–water partition coefficient (Wildman–Crippen LogP) is 4.84. The number of benzene rings is 1. The van der Waals surface area contributed by atoms with Crippen molar-refractivity contribution in [1.29, 1.82) is 0 Å². The second-order valence-electron chi connectivity index (χ2n) is 6.42. The fraction of sp³-hybridized carbons (Fsp3) is 0.647. The number of rotatable bonds is 4. The smallest absolute Gasteiger partial charge is 0.0457 e. The maximum atomic E-state index is 6.03. The molecule has 0 amide bonds. The van der Waals surface area contributed by atoms with Crippen LogP contribution in [0.4, 0.5) is 0 Å². The predicted molar refractivity (Wildman–Crippen MR) is 81.6 cm³/mol. The van der Waals surface area contributed by atoms with Crippen LogP contribution in [0.15, 0.2) is 24.3 Å². The Morgan fingerprint density at radius 3 is 2.26 bits per heavy atom. The van der Waals surface area contributed by atoms with Gasteiger partial charge >= 0.3 is 0 Å². The highest BCUT2D eigenvalue weighted by Crippen LogP contribution is 2.46. The molecule has 0 aromatic heterocycles. The Labute approximate surface area is 121 Å². The molecule has 0 aliphatic heterocycles. The van der Waals surface area contributed by atoms with Gasteiger partial charge in [0.05, 0.1) is 0 Å². The van der Waals surface area contributed by atoms with E-state index in [1.165, 1.54) is 57.1 Å². The maximum Gasteiger partial charge on any atom is 0.0457 e. The molecule has 0 unspecified atom stereocenters. The lowest BCUT2D eigenvalue weighted by Gasteiger charge is -2.50. The first-order valence-corrected chi connectivity index (χ1v) is 8.06. The normalized spacial score (nSPS) is 22.7. The molecule has 3 rings (SSSR count). The van der Waals surface area contributed by atoms with Crippen molar-refractivity contribution >= 4 is 11.6 Å². The van der Waals surface area contributed by atoms with Gasteiger partial charge in [-0.15, -0.1) is 0 Å². The summed E-state index contributed by atoms with van der Waals surface area (Å²) in [4.78, 5) is 2.63. The van der Waals surface area contributed by atoms with E-state index in [2.05, 4.69) is 24.1 Å². The van der Waals surface area contributed by atoms with Crippen LogP contribution in [0.1, 0.15) is 50.5 Å². The minimum Gasteiger partial charge on any atom is -0.296 e. The average Bonchev–Trinajstić information content (AvgIpc) is 2.83. The molecule has 1 aromatic rings. The molecule has 0 saturated heterocycles. The van der Waals surface area contributed by atoms with Crippen molar-refractivity contribution in [3.8, 4) is 0 Å². The quantitative estimate of drug-likeness (QED) is 0.761. The summed E-state index contributed by atoms with van der Waals surface area (Å²) < 4.78 is 0. The van der Waals surface area contributed by atoms with E-state index in [1.807, 2.05) is 12.1 Å². The van der Waals surface area contributed by atoms with Crippen molar-refractivity contribution in [3.63, 3.8) is 0 Å². The second-order valence-corrected chi connectivity index (χ2v) is 6.86. The van der Waals surface area contributed by atoms with Gasteiger partial charge in [-0.25, -0.2) is 0 Å². The molecule has 2 aliphatic carbocycles. The summed E-state index contributed by atoms with van der Waals surface area (Å²) in [5, 5.41) is 0.844. The van der Waals surface area contributed by atoms with Crippen LogP contribution in [0.5, 0.6) is 0 Å². The van der Waals surface area contributed by atoms with Crippen LogP contribution in [0.3, 0.4) is 0 Å². The molecule has 2 aliphatic rings. The van der Waals surface area contributed by atoms with Gasteiger partial charge in [0, 0.05) is 17.1 Å². The third kappa shape index (κ3) is 2.55. The van der Waals surface area contributed by atoms with Crippen LogP contribution in [0.25, 0.3) is 0 Å². The van der Waals surface area contributed by atoms with E-state index >= 15 is 0 Å². The summed E-state index contributed by atoms with van der Waals surface area (Å²) in [6, 6.07) is 8.54. The Hall–Kier alpha value is -0.530. The molecular weight excluding hydrogens is 254 g/mol. The van der Waals surface area contributed by atoms with Crippen molar-refractivity contribution in [1.82, 2.24) is 4.90 Å². The minimum absolute atomic E-state index is 0.299. The summed E-state index contributed by atoms with van der Waals surface area (Å²) in [6.45, 7) is 1.27. The third-order valence-electron chi connectivity index (χ3n) is 5.30. The summed E-state index contributed by atoms with van der Waals surface area (Å²) in [5.41, 5.74) is 1.76. The van der Waals surface area contributed by atoms with Gasteiger partial charge in [-0.1, -0.05) is 36.6 Å². The lowest BCUT2D eigenvalue weighted by atomic mass is 9.70. The van der Waals surface area contributed by atoms with Crippen LogP contribution in [-0.4, -0.2) is 18.5 Å². The fourth-order valence-corrected chi connectivity index (χ4v) is 4.04. The van der Waals surface area contributed by atoms with E-state index in [-0.39, 0.29) is 0 Å². The van der Waals surface area contributed by atoms with Crippen molar-refractivity contribution in [2.45, 2.75) is 50.5 Å². The van der Waals surface area contributed by atoms with E-state index in [0.717, 1.165) is 10.9 Å². The van der Waals surface area contributed by atoms with Gasteiger partial charge in [0.15, 0.2) is 0 Å². The zero-order valence-corrected chi connectivity index (χ0v) is 12.6. The van der Waals surface area contributed by atoms with Crippen LogP contribution in [-0.2, 0) is 5.54 Å². The number of nitrogens with zero attached hydrogens (tertiary/aromatic N) is 1. The van der Waals surface area contributed by atoms with Gasteiger partial charge in [-0.3, -0.25) is 4.90 Å². The molecular formula is C17H24ClN. The zero-order chi connectivity index (χ0) is 13.3. The standard InChI is InChI=1S/C17H24ClN/c1-19(13-14-5-2-3-6-14)17(11-4-12-17)15-7-9-16(18)10-8-15/h7-10,14H,2-6,11-13H2,1H3. The second kappa shape index (κ2) is 5.46. The SMILES string of the molecule is CN(CC1CCCC1)C1(c2ccc(Cl)cc2)CCC1. The zero-order valence-electron chi connectivity index (χ0n) is 11.9. The van der Waals surface area contributed by atoms with E-state index in [4.69, 9.17) is 11.6 Å². The van der Waals surface area contributed by atoms with Crippen molar-refractivity contribution in [3.05, 3.63) is 34.9 Å². The van der Waals surface area contributed by atoms with Gasteiger partial charge < -0.3 is 0 Å². The molecule has 2 saturated carbocycles. The molecule has 2 fully saturated rings. The number of hydrogen-bond acceptors (Lipinski definition) is 1. The first kappa shape index (κ1) is 13.5. The molecule has 0 spiro atoms. The Morgan fingerprint density at radius 2 is 1.74 bits per heavy atom. The maximum absolute atomic E-state index is 6.03. The highest BCUT2D eigenvalue weighted by molar-refractivity contribution is 6.30. The lowest BCUT2D eigenvalue weighted by molar-refractivity contribution is 0.0228. The Kier molecular flexibility index (Phi) is 3.86. The molecule has 104 valence electrons. The fourth-order valence-electron chi connectivity index (χ4n) is 3.92. The summed E-state index contributed by atoms with van der Waals surface area (Å²) in [5.74, 6) is 0.926. The molecule has 2 heteroatoms. The van der Waals surface area contributed by atoms with Crippen LogP contribution in [0, 0.1) is 5.92 Å². The summed E-state index contributed by atoms with van der Waals surface area (Å²) in [6.07, 6.45) is 9.70. The topological polar surface area (TPSA) is 3.24 Å². The Bertz CT molecular complexity index is 415. The minimum atomic E-state index is 0.299. The first-order valence-electron chi connectivity index (χ1n) is 7.68. The largest absolute Gasteiger partial charge is 0.296 e. The van der Waals surface area contributed by atoms with Crippen molar-refractivity contribution in [2.24, 2.45) is 5.92 Å². The molecule has 19 heavy (non-hydrogen) atoms. The Balaban J connectivity index is 1.76. The van der Waals surface area contributed by atoms with Crippen LogP contribution < -0.4 is 0 Å². The molecule has 0 atom stereocenters.